The number of hydrogen-bond donors (Lipinski definition) is 1. The average molecular weight is 292 g/mol. The van der Waals surface area contributed by atoms with Crippen molar-refractivity contribution in [3.63, 3.8) is 0 Å². The van der Waals surface area contributed by atoms with Crippen LogP contribution in [0.5, 0.6) is 0 Å². The average Bonchev–Trinajstić information content (AvgIpc) is 3.16. The molecule has 2 aromatic heterocycles. The highest BCUT2D eigenvalue weighted by Gasteiger charge is 2.23. The van der Waals surface area contributed by atoms with Gasteiger partial charge in [0, 0.05) is 12.0 Å². The zero-order valence-corrected chi connectivity index (χ0v) is 12.0. The first kappa shape index (κ1) is 13.3. The molecule has 1 aliphatic heterocycles. The first-order valence-electron chi connectivity index (χ1n) is 6.63. The summed E-state index contributed by atoms with van der Waals surface area (Å²) in [5.74, 6) is 1.39. The summed E-state index contributed by atoms with van der Waals surface area (Å²) in [7, 11) is 0. The topological polar surface area (TPSA) is 64.4 Å². The fourth-order valence-corrected chi connectivity index (χ4v) is 2.76. The van der Waals surface area contributed by atoms with E-state index in [1.54, 1.807) is 11.3 Å². The molecule has 2 aromatic rings. The van der Waals surface area contributed by atoms with E-state index in [4.69, 9.17) is 9.15 Å². The van der Waals surface area contributed by atoms with E-state index in [0.717, 1.165) is 35.1 Å². The molecule has 106 valence electrons. The van der Waals surface area contributed by atoms with Gasteiger partial charge in [-0.2, -0.15) is 0 Å². The van der Waals surface area contributed by atoms with Crippen molar-refractivity contribution in [1.82, 2.24) is 10.3 Å². The van der Waals surface area contributed by atoms with Crippen LogP contribution in [0.15, 0.2) is 21.9 Å². The van der Waals surface area contributed by atoms with Gasteiger partial charge in [0.2, 0.25) is 5.91 Å². The second-order valence-electron chi connectivity index (χ2n) is 4.74. The normalized spacial score (nSPS) is 18.4. The van der Waals surface area contributed by atoms with Crippen LogP contribution in [0.25, 0.3) is 11.5 Å². The van der Waals surface area contributed by atoms with Crippen LogP contribution in [0.4, 0.5) is 0 Å². The molecule has 1 amide bonds. The molecule has 6 heteroatoms. The Bertz CT molecular complexity index is 599. The molecule has 1 N–H and O–H groups in total. The van der Waals surface area contributed by atoms with Gasteiger partial charge in [-0.05, 0) is 31.9 Å². The van der Waals surface area contributed by atoms with E-state index < -0.39 is 0 Å². The van der Waals surface area contributed by atoms with Gasteiger partial charge in [-0.3, -0.25) is 4.79 Å². The van der Waals surface area contributed by atoms with Gasteiger partial charge < -0.3 is 14.5 Å². The molecule has 1 fully saturated rings. The molecule has 0 spiro atoms. The SMILES string of the molecule is Cc1nc(-c2ccc(CNC(=O)C3CCCO3)o2)cs1. The van der Waals surface area contributed by atoms with E-state index in [1.807, 2.05) is 24.4 Å². The monoisotopic (exact) mass is 292 g/mol. The maximum absolute atomic E-state index is 11.8. The van der Waals surface area contributed by atoms with Crippen LogP contribution in [-0.2, 0) is 16.1 Å². The van der Waals surface area contributed by atoms with Crippen LogP contribution in [0.2, 0.25) is 0 Å². The van der Waals surface area contributed by atoms with E-state index in [0.29, 0.717) is 13.2 Å². The van der Waals surface area contributed by atoms with Crippen molar-refractivity contribution in [2.75, 3.05) is 6.61 Å². The molecule has 20 heavy (non-hydrogen) atoms. The van der Waals surface area contributed by atoms with Crippen molar-refractivity contribution in [1.29, 1.82) is 0 Å². The second kappa shape index (κ2) is 5.76. The van der Waals surface area contributed by atoms with E-state index in [-0.39, 0.29) is 12.0 Å². The zero-order chi connectivity index (χ0) is 13.9. The molecule has 1 unspecified atom stereocenters. The van der Waals surface area contributed by atoms with Crippen molar-refractivity contribution < 1.29 is 13.9 Å². The van der Waals surface area contributed by atoms with Crippen LogP contribution >= 0.6 is 11.3 Å². The van der Waals surface area contributed by atoms with Gasteiger partial charge >= 0.3 is 0 Å². The molecule has 3 heterocycles. The van der Waals surface area contributed by atoms with Gasteiger partial charge in [0.1, 0.15) is 17.6 Å². The highest BCUT2D eigenvalue weighted by atomic mass is 32.1. The van der Waals surface area contributed by atoms with Crippen LogP contribution in [0.1, 0.15) is 23.6 Å². The van der Waals surface area contributed by atoms with Crippen LogP contribution < -0.4 is 5.32 Å². The predicted octanol–water partition coefficient (Wildman–Crippen LogP) is 2.51. The molecule has 0 aliphatic carbocycles. The van der Waals surface area contributed by atoms with Gasteiger partial charge in [-0.25, -0.2) is 4.98 Å². The summed E-state index contributed by atoms with van der Waals surface area (Å²) in [4.78, 5) is 16.2. The number of amides is 1. The smallest absolute Gasteiger partial charge is 0.249 e. The zero-order valence-electron chi connectivity index (χ0n) is 11.2. The van der Waals surface area contributed by atoms with E-state index in [1.165, 1.54) is 0 Å². The summed E-state index contributed by atoms with van der Waals surface area (Å²) in [6.45, 7) is 3.01. The Morgan fingerprint density at radius 3 is 3.15 bits per heavy atom. The van der Waals surface area contributed by atoms with Crippen LogP contribution in [0, 0.1) is 6.92 Å². The molecule has 1 saturated heterocycles. The third-order valence-corrected chi connectivity index (χ3v) is 3.97. The highest BCUT2D eigenvalue weighted by molar-refractivity contribution is 7.09. The Labute approximate surface area is 121 Å². The minimum Gasteiger partial charge on any atom is -0.458 e. The van der Waals surface area contributed by atoms with Crippen LogP contribution in [0.3, 0.4) is 0 Å². The summed E-state index contributed by atoms with van der Waals surface area (Å²) in [5.41, 5.74) is 0.837. The molecule has 5 nitrogen and oxygen atoms in total. The molecular weight excluding hydrogens is 276 g/mol. The number of ether oxygens (including phenoxy) is 1. The number of furan rings is 1. The number of carbonyl (C=O) groups excluding carboxylic acids is 1. The van der Waals surface area contributed by atoms with Crippen molar-refractivity contribution in [2.24, 2.45) is 0 Å². The van der Waals surface area contributed by atoms with E-state index in [9.17, 15) is 4.79 Å². The summed E-state index contributed by atoms with van der Waals surface area (Å²) in [6, 6.07) is 3.74. The number of rotatable bonds is 4. The number of aryl methyl sites for hydroxylation is 1. The van der Waals surface area contributed by atoms with Crippen molar-refractivity contribution in [3.05, 3.63) is 28.3 Å². The Kier molecular flexibility index (Phi) is 3.84. The third-order valence-electron chi connectivity index (χ3n) is 3.19. The van der Waals surface area contributed by atoms with Crippen molar-refractivity contribution in [3.8, 4) is 11.5 Å². The number of aromatic nitrogens is 1. The molecule has 0 radical (unpaired) electrons. The number of thiazole rings is 1. The van der Waals surface area contributed by atoms with E-state index >= 15 is 0 Å². The summed E-state index contributed by atoms with van der Waals surface area (Å²) >= 11 is 1.59. The molecule has 1 atom stereocenters. The van der Waals surface area contributed by atoms with Gasteiger partial charge in [-0.15, -0.1) is 11.3 Å². The maximum Gasteiger partial charge on any atom is 0.249 e. The van der Waals surface area contributed by atoms with Crippen molar-refractivity contribution in [2.45, 2.75) is 32.4 Å². The highest BCUT2D eigenvalue weighted by Crippen LogP contribution is 2.23. The first-order valence-corrected chi connectivity index (χ1v) is 7.51. The van der Waals surface area contributed by atoms with Gasteiger partial charge in [0.15, 0.2) is 5.76 Å². The summed E-state index contributed by atoms with van der Waals surface area (Å²) in [6.07, 6.45) is 1.45. The lowest BCUT2D eigenvalue weighted by atomic mass is 10.2. The lowest BCUT2D eigenvalue weighted by molar-refractivity contribution is -0.130. The number of nitrogens with zero attached hydrogens (tertiary/aromatic N) is 1. The van der Waals surface area contributed by atoms with Gasteiger partial charge in [0.05, 0.1) is 11.6 Å². The van der Waals surface area contributed by atoms with E-state index in [2.05, 4.69) is 10.3 Å². The maximum atomic E-state index is 11.8. The fourth-order valence-electron chi connectivity index (χ4n) is 2.16. The largest absolute Gasteiger partial charge is 0.458 e. The lowest BCUT2D eigenvalue weighted by Crippen LogP contribution is -2.33. The molecule has 3 rings (SSSR count). The van der Waals surface area contributed by atoms with Gasteiger partial charge in [-0.1, -0.05) is 0 Å². The Morgan fingerprint density at radius 1 is 1.55 bits per heavy atom. The summed E-state index contributed by atoms with van der Waals surface area (Å²) in [5, 5.41) is 5.80. The fraction of sp³-hybridized carbons (Fsp3) is 0.429. The van der Waals surface area contributed by atoms with Crippen molar-refractivity contribution >= 4 is 17.2 Å². The first-order chi connectivity index (χ1) is 9.72. The minimum absolute atomic E-state index is 0.0649. The number of nitrogens with one attached hydrogen (secondary N) is 1. The quantitative estimate of drug-likeness (QED) is 0.940. The van der Waals surface area contributed by atoms with Crippen LogP contribution in [-0.4, -0.2) is 23.6 Å². The predicted molar refractivity (Wildman–Crippen MR) is 75.4 cm³/mol. The number of carbonyl (C=O) groups is 1. The Hall–Kier alpha value is -1.66. The second-order valence-corrected chi connectivity index (χ2v) is 5.80. The molecule has 1 aliphatic rings. The minimum atomic E-state index is -0.300. The molecule has 0 aromatic carbocycles. The molecular formula is C14H16N2O3S. The standard InChI is InChI=1S/C14H16N2O3S/c1-9-16-11(8-20-9)12-5-4-10(19-12)7-15-14(17)13-3-2-6-18-13/h4-5,8,13H,2-3,6-7H2,1H3,(H,15,17). The lowest BCUT2D eigenvalue weighted by Gasteiger charge is -2.08. The number of hydrogen-bond acceptors (Lipinski definition) is 5. The Morgan fingerprint density at radius 2 is 2.45 bits per heavy atom. The third kappa shape index (κ3) is 2.91. The molecule has 0 bridgehead atoms. The summed E-state index contributed by atoms with van der Waals surface area (Å²) < 4.78 is 11.0. The van der Waals surface area contributed by atoms with Gasteiger partial charge in [0.25, 0.3) is 0 Å². The Balaban J connectivity index is 1.58. The molecule has 0 saturated carbocycles.